The van der Waals surface area contributed by atoms with Gasteiger partial charge in [-0.15, -0.1) is 0 Å². The van der Waals surface area contributed by atoms with Crippen molar-refractivity contribution >= 4 is 12.0 Å². The topological polar surface area (TPSA) is 154 Å². The van der Waals surface area contributed by atoms with Gasteiger partial charge in [-0.2, -0.15) is 0 Å². The van der Waals surface area contributed by atoms with Crippen molar-refractivity contribution in [2.45, 2.75) is 83.0 Å². The van der Waals surface area contributed by atoms with E-state index in [1.54, 1.807) is 27.9 Å². The SMILES string of the molecule is COCCOCCOCCOCCOCc1ccc(C(O)[C@@H](CCC(=O)N[C@H]2c3ccccc3C[C@H]2O)[C@H](Cc2ccccc2)NC(=O)OC(C)(C)C)cc1. The Morgan fingerprint density at radius 1 is 0.782 bits per heavy atom. The molecule has 5 atom stereocenters. The summed E-state index contributed by atoms with van der Waals surface area (Å²) in [4.78, 5) is 26.7. The molecule has 12 heteroatoms. The van der Waals surface area contributed by atoms with Gasteiger partial charge in [-0.25, -0.2) is 4.79 Å². The van der Waals surface area contributed by atoms with Crippen LogP contribution in [-0.4, -0.2) is 99.9 Å². The molecule has 0 fully saturated rings. The van der Waals surface area contributed by atoms with Crippen molar-refractivity contribution in [3.8, 4) is 0 Å². The van der Waals surface area contributed by atoms with E-state index in [-0.39, 0.29) is 18.7 Å². The minimum Gasteiger partial charge on any atom is -0.444 e. The average Bonchev–Trinajstić information content (AvgIpc) is 3.47. The molecule has 12 nitrogen and oxygen atoms in total. The van der Waals surface area contributed by atoms with Gasteiger partial charge in [0.2, 0.25) is 5.91 Å². The molecule has 0 aromatic heterocycles. The van der Waals surface area contributed by atoms with E-state index >= 15 is 0 Å². The zero-order chi connectivity index (χ0) is 39.5. The third kappa shape index (κ3) is 15.6. The van der Waals surface area contributed by atoms with Crippen molar-refractivity contribution in [1.29, 1.82) is 0 Å². The molecule has 55 heavy (non-hydrogen) atoms. The summed E-state index contributed by atoms with van der Waals surface area (Å²) >= 11 is 0. The number of alkyl carbamates (subject to hydrolysis) is 1. The second kappa shape index (κ2) is 23.2. The molecular formula is C43H60N2O10. The van der Waals surface area contributed by atoms with Crippen molar-refractivity contribution < 1.29 is 48.2 Å². The van der Waals surface area contributed by atoms with Crippen molar-refractivity contribution in [2.24, 2.45) is 5.92 Å². The fourth-order valence-corrected chi connectivity index (χ4v) is 6.56. The van der Waals surface area contributed by atoms with Gasteiger partial charge in [-0.05, 0) is 61.4 Å². The van der Waals surface area contributed by atoms with Gasteiger partial charge >= 0.3 is 6.09 Å². The molecule has 1 unspecified atom stereocenters. The van der Waals surface area contributed by atoms with Gasteiger partial charge < -0.3 is 49.3 Å². The van der Waals surface area contributed by atoms with Gasteiger partial charge in [0.1, 0.15) is 5.60 Å². The number of fused-ring (bicyclic) bond motifs is 1. The van der Waals surface area contributed by atoms with E-state index in [9.17, 15) is 19.8 Å². The van der Waals surface area contributed by atoms with Crippen molar-refractivity contribution in [1.82, 2.24) is 10.6 Å². The van der Waals surface area contributed by atoms with E-state index in [4.69, 9.17) is 28.4 Å². The number of amides is 2. The van der Waals surface area contributed by atoms with Crippen molar-refractivity contribution in [2.75, 3.05) is 60.0 Å². The predicted molar refractivity (Wildman–Crippen MR) is 208 cm³/mol. The maximum atomic E-state index is 13.5. The molecule has 1 aliphatic rings. The Kier molecular flexibility index (Phi) is 18.5. The average molecular weight is 765 g/mol. The zero-order valence-corrected chi connectivity index (χ0v) is 32.7. The lowest BCUT2D eigenvalue weighted by Gasteiger charge is -2.33. The number of aliphatic hydroxyl groups is 2. The van der Waals surface area contributed by atoms with E-state index in [2.05, 4.69) is 10.6 Å². The molecule has 1 aliphatic carbocycles. The van der Waals surface area contributed by atoms with Crippen molar-refractivity contribution in [3.63, 3.8) is 0 Å². The van der Waals surface area contributed by atoms with Crippen LogP contribution >= 0.6 is 0 Å². The summed E-state index contributed by atoms with van der Waals surface area (Å²) in [6, 6.07) is 23.8. The smallest absolute Gasteiger partial charge is 0.407 e. The molecule has 3 aromatic rings. The standard InChI is InChI=1S/C43H60N2O10/c1-43(2,3)55-42(49)44-37(28-31-10-6-5-7-11-31)36(18-19-39(47)45-40-35-13-9-8-12-34(35)29-38(40)46)41(48)33-16-14-32(15-17-33)30-54-27-26-53-25-24-52-23-22-51-21-20-50-4/h5-17,36-38,40-41,46,48H,18-30H2,1-4H3,(H,44,49)(H,45,47)/t36-,37-,38+,40-,41?/m0/s1. The Bertz CT molecular complexity index is 1550. The van der Waals surface area contributed by atoms with Gasteiger partial charge in [0.25, 0.3) is 0 Å². The minimum absolute atomic E-state index is 0.0673. The predicted octanol–water partition coefficient (Wildman–Crippen LogP) is 5.24. The first kappa shape index (κ1) is 43.8. The maximum Gasteiger partial charge on any atom is 0.407 e. The molecule has 3 aromatic carbocycles. The number of carbonyl (C=O) groups is 2. The molecule has 302 valence electrons. The number of methoxy groups -OCH3 is 1. The molecule has 4 N–H and O–H groups in total. The summed E-state index contributed by atoms with van der Waals surface area (Å²) in [7, 11) is 1.63. The highest BCUT2D eigenvalue weighted by Gasteiger charge is 2.35. The highest BCUT2D eigenvalue weighted by molar-refractivity contribution is 5.77. The van der Waals surface area contributed by atoms with E-state index in [1.165, 1.54) is 0 Å². The van der Waals surface area contributed by atoms with Crippen LogP contribution in [0.25, 0.3) is 0 Å². The molecule has 0 spiro atoms. The highest BCUT2D eigenvalue weighted by atomic mass is 16.6. The lowest BCUT2D eigenvalue weighted by atomic mass is 9.82. The van der Waals surface area contributed by atoms with Crippen LogP contribution in [0.1, 0.15) is 73.6 Å². The summed E-state index contributed by atoms with van der Waals surface area (Å²) in [5.41, 5.74) is 3.72. The molecule has 0 saturated carbocycles. The number of carbonyl (C=O) groups excluding carboxylic acids is 2. The largest absolute Gasteiger partial charge is 0.444 e. The fraction of sp³-hybridized carbons (Fsp3) is 0.535. The second-order valence-corrected chi connectivity index (χ2v) is 14.7. The second-order valence-electron chi connectivity index (χ2n) is 14.7. The van der Waals surface area contributed by atoms with E-state index < -0.39 is 41.9 Å². The molecular weight excluding hydrogens is 704 g/mol. The number of hydrogen-bond donors (Lipinski definition) is 4. The summed E-state index contributed by atoms with van der Waals surface area (Å²) in [6.07, 6.45) is -1.16. The van der Waals surface area contributed by atoms with Crippen LogP contribution < -0.4 is 10.6 Å². The minimum atomic E-state index is -1.03. The molecule has 4 rings (SSSR count). The third-order valence-corrected chi connectivity index (χ3v) is 9.29. The van der Waals surface area contributed by atoms with Gasteiger partial charge in [-0.1, -0.05) is 78.9 Å². The Labute approximate surface area is 325 Å². The Hall–Kier alpha value is -3.88. The number of nitrogens with one attached hydrogen (secondary N) is 2. The Balaban J connectivity index is 1.37. The molecule has 0 aliphatic heterocycles. The quantitative estimate of drug-likeness (QED) is 0.0892. The summed E-state index contributed by atoms with van der Waals surface area (Å²) in [5.74, 6) is -0.827. The van der Waals surface area contributed by atoms with Crippen LogP contribution in [0.2, 0.25) is 0 Å². The lowest BCUT2D eigenvalue weighted by molar-refractivity contribution is -0.123. The van der Waals surface area contributed by atoms with E-state index in [0.717, 1.165) is 22.3 Å². The first-order chi connectivity index (χ1) is 26.5. The maximum absolute atomic E-state index is 13.5. The molecule has 0 bridgehead atoms. The van der Waals surface area contributed by atoms with Crippen LogP contribution in [0.5, 0.6) is 0 Å². The lowest BCUT2D eigenvalue weighted by Crippen LogP contribution is -2.46. The molecule has 0 saturated heterocycles. The van der Waals surface area contributed by atoms with Crippen LogP contribution in [0, 0.1) is 5.92 Å². The number of ether oxygens (including phenoxy) is 6. The van der Waals surface area contributed by atoms with Crippen LogP contribution in [-0.2, 0) is 52.7 Å². The summed E-state index contributed by atoms with van der Waals surface area (Å²) in [5, 5.41) is 28.8. The number of hydrogen-bond acceptors (Lipinski definition) is 10. The van der Waals surface area contributed by atoms with Crippen LogP contribution in [0.3, 0.4) is 0 Å². The third-order valence-electron chi connectivity index (χ3n) is 9.29. The number of benzene rings is 3. The molecule has 2 amide bonds. The number of aliphatic hydroxyl groups excluding tert-OH is 2. The molecule has 0 heterocycles. The van der Waals surface area contributed by atoms with Gasteiger partial charge in [0, 0.05) is 31.9 Å². The van der Waals surface area contributed by atoms with E-state index in [0.29, 0.717) is 77.9 Å². The Morgan fingerprint density at radius 2 is 1.38 bits per heavy atom. The highest BCUT2D eigenvalue weighted by Crippen LogP contribution is 2.33. The molecule has 0 radical (unpaired) electrons. The zero-order valence-electron chi connectivity index (χ0n) is 32.7. The summed E-state index contributed by atoms with van der Waals surface area (Å²) < 4.78 is 32.8. The van der Waals surface area contributed by atoms with Gasteiger partial charge in [0.15, 0.2) is 0 Å². The fourth-order valence-electron chi connectivity index (χ4n) is 6.56. The van der Waals surface area contributed by atoms with Gasteiger partial charge in [-0.3, -0.25) is 4.79 Å². The normalized spacial score (nSPS) is 16.9. The van der Waals surface area contributed by atoms with Crippen molar-refractivity contribution in [3.05, 3.63) is 107 Å². The van der Waals surface area contributed by atoms with Crippen LogP contribution in [0.15, 0.2) is 78.9 Å². The first-order valence-corrected chi connectivity index (χ1v) is 19.2. The van der Waals surface area contributed by atoms with Gasteiger partial charge in [0.05, 0.1) is 77.7 Å². The van der Waals surface area contributed by atoms with E-state index in [1.807, 2.05) is 78.9 Å². The summed E-state index contributed by atoms with van der Waals surface area (Å²) in [6.45, 7) is 9.65. The number of rotatable bonds is 24. The monoisotopic (exact) mass is 764 g/mol. The first-order valence-electron chi connectivity index (χ1n) is 19.2. The Morgan fingerprint density at radius 3 is 2.02 bits per heavy atom. The van der Waals surface area contributed by atoms with Crippen LogP contribution in [0.4, 0.5) is 4.79 Å².